The Kier molecular flexibility index (Phi) is 9.90. The molecule has 1 heterocycles. The smallest absolute Gasteiger partial charge is 0.368 e. The fourth-order valence-electron chi connectivity index (χ4n) is 5.74. The Morgan fingerprint density at radius 2 is 1.40 bits per heavy atom. The summed E-state index contributed by atoms with van der Waals surface area (Å²) >= 11 is 0. The zero-order valence-electron chi connectivity index (χ0n) is 25.3. The summed E-state index contributed by atoms with van der Waals surface area (Å²) in [5.41, 5.74) is -0.363. The fraction of sp³-hybridized carbons (Fsp3) is 0.257. The number of nitrogens with zero attached hydrogens (tertiary/aromatic N) is 2. The number of nitrogens with one attached hydrogen (secondary N) is 2. The number of rotatable bonds is 8. The van der Waals surface area contributed by atoms with E-state index in [1.54, 1.807) is 23.1 Å². The predicted octanol–water partition coefficient (Wildman–Crippen LogP) is 7.64. The van der Waals surface area contributed by atoms with Crippen LogP contribution < -0.4 is 15.5 Å². The molecule has 1 fully saturated rings. The number of benzene rings is 4. The summed E-state index contributed by atoms with van der Waals surface area (Å²) in [5, 5.41) is 5.37. The van der Waals surface area contributed by atoms with E-state index in [1.807, 2.05) is 42.2 Å². The number of halogens is 6. The largest absolute Gasteiger partial charge is 0.418 e. The van der Waals surface area contributed by atoms with Crippen molar-refractivity contribution in [1.29, 1.82) is 0 Å². The van der Waals surface area contributed by atoms with E-state index in [1.165, 1.54) is 30.3 Å². The van der Waals surface area contributed by atoms with Gasteiger partial charge in [-0.25, -0.2) is 0 Å². The molecule has 0 aliphatic carbocycles. The zero-order chi connectivity index (χ0) is 33.8. The van der Waals surface area contributed by atoms with Gasteiger partial charge in [-0.1, -0.05) is 60.7 Å². The summed E-state index contributed by atoms with van der Waals surface area (Å²) in [6.45, 7) is 3.41. The fourth-order valence-corrected chi connectivity index (χ4v) is 5.74. The van der Waals surface area contributed by atoms with Gasteiger partial charge in [-0.15, -0.1) is 0 Å². The number of carbonyl (C=O) groups is 2. The molecule has 0 bridgehead atoms. The van der Waals surface area contributed by atoms with Crippen LogP contribution in [-0.2, 0) is 17.1 Å². The second-order valence-corrected chi connectivity index (χ2v) is 11.0. The molecule has 0 saturated carbocycles. The molecule has 1 aliphatic rings. The summed E-state index contributed by atoms with van der Waals surface area (Å²) in [6, 6.07) is 22.7. The minimum atomic E-state index is -4.74. The van der Waals surface area contributed by atoms with Crippen LogP contribution in [0.5, 0.6) is 0 Å². The van der Waals surface area contributed by atoms with Crippen molar-refractivity contribution in [1.82, 2.24) is 10.2 Å². The third-order valence-corrected chi connectivity index (χ3v) is 7.99. The molecule has 4 aromatic carbocycles. The van der Waals surface area contributed by atoms with Gasteiger partial charge in [0.15, 0.2) is 0 Å². The second kappa shape index (κ2) is 13.9. The van der Waals surface area contributed by atoms with Crippen LogP contribution in [0.1, 0.15) is 40.0 Å². The molecular formula is C35H32F6N4O2. The van der Waals surface area contributed by atoms with E-state index >= 15 is 0 Å². The second-order valence-electron chi connectivity index (χ2n) is 11.0. The number of alkyl halides is 6. The summed E-state index contributed by atoms with van der Waals surface area (Å²) in [4.78, 5) is 29.8. The molecule has 6 nitrogen and oxygen atoms in total. The Labute approximate surface area is 268 Å². The van der Waals surface area contributed by atoms with Crippen molar-refractivity contribution in [2.24, 2.45) is 0 Å². The van der Waals surface area contributed by atoms with Crippen molar-refractivity contribution < 1.29 is 35.9 Å². The highest BCUT2D eigenvalue weighted by Crippen LogP contribution is 2.39. The summed E-state index contributed by atoms with van der Waals surface area (Å²) in [7, 11) is 0. The van der Waals surface area contributed by atoms with E-state index in [2.05, 4.69) is 10.6 Å². The SMILES string of the molecule is CCNC(=O)C(c1ccccc1)N1CCN(c2ccc(NC(=O)c3ccccc3-c3ccc(C(F)(F)F)cc3)cc2C(F)(F)F)CC1. The molecule has 1 saturated heterocycles. The highest BCUT2D eigenvalue weighted by Gasteiger charge is 2.37. The van der Waals surface area contributed by atoms with E-state index in [9.17, 15) is 35.9 Å². The summed E-state index contributed by atoms with van der Waals surface area (Å²) < 4.78 is 82.3. The van der Waals surface area contributed by atoms with Gasteiger partial charge in [0.1, 0.15) is 6.04 Å². The monoisotopic (exact) mass is 654 g/mol. The lowest BCUT2D eigenvalue weighted by molar-refractivity contribution is -0.138. The first kappa shape index (κ1) is 33.5. The third-order valence-electron chi connectivity index (χ3n) is 7.99. The highest BCUT2D eigenvalue weighted by atomic mass is 19.4. The maximum Gasteiger partial charge on any atom is 0.418 e. The number of piperazine rings is 1. The van der Waals surface area contributed by atoms with Crippen LogP contribution in [-0.4, -0.2) is 49.4 Å². The Morgan fingerprint density at radius 1 is 0.766 bits per heavy atom. The molecule has 246 valence electrons. The number of likely N-dealkylation sites (N-methyl/N-ethyl adjacent to an activating group) is 1. The molecule has 2 N–H and O–H groups in total. The molecule has 47 heavy (non-hydrogen) atoms. The van der Waals surface area contributed by atoms with Crippen molar-refractivity contribution in [2.45, 2.75) is 25.3 Å². The molecule has 12 heteroatoms. The van der Waals surface area contributed by atoms with E-state index in [0.717, 1.165) is 23.8 Å². The third kappa shape index (κ3) is 7.76. The lowest BCUT2D eigenvalue weighted by Crippen LogP contribution is -2.51. The topological polar surface area (TPSA) is 64.7 Å². The maximum atomic E-state index is 14.4. The molecular weight excluding hydrogens is 622 g/mol. The van der Waals surface area contributed by atoms with Gasteiger partial charge in [0.25, 0.3) is 5.91 Å². The number of anilines is 2. The number of hydrogen-bond acceptors (Lipinski definition) is 4. The lowest BCUT2D eigenvalue weighted by Gasteiger charge is -2.40. The van der Waals surface area contributed by atoms with Gasteiger partial charge in [-0.05, 0) is 60.0 Å². The van der Waals surface area contributed by atoms with Crippen LogP contribution in [0, 0.1) is 0 Å². The Bertz CT molecular complexity index is 1700. The molecule has 0 aromatic heterocycles. The molecule has 0 spiro atoms. The zero-order valence-corrected chi connectivity index (χ0v) is 25.3. The summed E-state index contributed by atoms with van der Waals surface area (Å²) in [5.74, 6) is -0.893. The Balaban J connectivity index is 1.35. The number of hydrogen-bond donors (Lipinski definition) is 2. The molecule has 1 aliphatic heterocycles. The Morgan fingerprint density at radius 3 is 2.02 bits per heavy atom. The first-order chi connectivity index (χ1) is 22.4. The average molecular weight is 655 g/mol. The first-order valence-corrected chi connectivity index (χ1v) is 15.0. The highest BCUT2D eigenvalue weighted by molar-refractivity contribution is 6.08. The van der Waals surface area contributed by atoms with Crippen LogP contribution in [0.15, 0.2) is 97.1 Å². The standard InChI is InChI=1S/C35H32F6N4O2/c1-2-42-33(47)31(24-8-4-3-5-9-24)45-20-18-44(19-21-45)30-17-16-26(22-29(30)35(39,40)41)43-32(46)28-11-7-6-10-27(28)23-12-14-25(15-13-23)34(36,37)38/h3-17,22,31H,2,18-21H2,1H3,(H,42,47)(H,43,46). The van der Waals surface area contributed by atoms with Gasteiger partial charge in [0.05, 0.1) is 11.1 Å². The van der Waals surface area contributed by atoms with E-state index in [4.69, 9.17) is 0 Å². The first-order valence-electron chi connectivity index (χ1n) is 15.0. The van der Waals surface area contributed by atoms with Crippen LogP contribution in [0.4, 0.5) is 37.7 Å². The van der Waals surface area contributed by atoms with Gasteiger partial charge in [0.2, 0.25) is 5.91 Å². The number of amides is 2. The van der Waals surface area contributed by atoms with Crippen molar-refractivity contribution >= 4 is 23.2 Å². The van der Waals surface area contributed by atoms with Crippen LogP contribution in [0.25, 0.3) is 11.1 Å². The minimum Gasteiger partial charge on any atom is -0.368 e. The van der Waals surface area contributed by atoms with Gasteiger partial charge < -0.3 is 15.5 Å². The van der Waals surface area contributed by atoms with E-state index < -0.39 is 35.4 Å². The quantitative estimate of drug-likeness (QED) is 0.192. The van der Waals surface area contributed by atoms with Gasteiger partial charge in [-0.2, -0.15) is 26.3 Å². The van der Waals surface area contributed by atoms with Crippen molar-refractivity contribution in [3.8, 4) is 11.1 Å². The average Bonchev–Trinajstić information content (AvgIpc) is 3.05. The van der Waals surface area contributed by atoms with Crippen LogP contribution in [0.3, 0.4) is 0 Å². The molecule has 1 atom stereocenters. The molecule has 1 unspecified atom stereocenters. The van der Waals surface area contributed by atoms with Crippen LogP contribution in [0.2, 0.25) is 0 Å². The number of carbonyl (C=O) groups excluding carboxylic acids is 2. The predicted molar refractivity (Wildman–Crippen MR) is 168 cm³/mol. The van der Waals surface area contributed by atoms with Crippen LogP contribution >= 0.6 is 0 Å². The van der Waals surface area contributed by atoms with Gasteiger partial charge >= 0.3 is 12.4 Å². The van der Waals surface area contributed by atoms with E-state index in [-0.39, 0.29) is 35.9 Å². The molecule has 2 amide bonds. The Hall–Kier alpha value is -4.84. The molecule has 5 rings (SSSR count). The maximum absolute atomic E-state index is 14.4. The van der Waals surface area contributed by atoms with Crippen molar-refractivity contribution in [3.05, 3.63) is 119 Å². The molecule has 4 aromatic rings. The van der Waals surface area contributed by atoms with Gasteiger partial charge in [-0.3, -0.25) is 14.5 Å². The summed E-state index contributed by atoms with van der Waals surface area (Å²) in [6.07, 6.45) is -9.26. The molecule has 0 radical (unpaired) electrons. The lowest BCUT2D eigenvalue weighted by atomic mass is 9.98. The van der Waals surface area contributed by atoms with Gasteiger partial charge in [0, 0.05) is 49.7 Å². The van der Waals surface area contributed by atoms with E-state index in [0.29, 0.717) is 30.8 Å². The normalized spacial score (nSPS) is 14.8. The van der Waals surface area contributed by atoms with Crippen molar-refractivity contribution in [2.75, 3.05) is 42.9 Å². The minimum absolute atomic E-state index is 0.0467. The van der Waals surface area contributed by atoms with Crippen molar-refractivity contribution in [3.63, 3.8) is 0 Å².